The highest BCUT2D eigenvalue weighted by Gasteiger charge is 2.24. The lowest BCUT2D eigenvalue weighted by Gasteiger charge is -2.32. The Bertz CT molecular complexity index is 465. The summed E-state index contributed by atoms with van der Waals surface area (Å²) in [6.07, 6.45) is 6.46. The van der Waals surface area contributed by atoms with E-state index in [0.29, 0.717) is 0 Å². The van der Waals surface area contributed by atoms with E-state index in [1.807, 2.05) is 24.3 Å². The van der Waals surface area contributed by atoms with Gasteiger partial charge in [-0.1, -0.05) is 6.92 Å². The van der Waals surface area contributed by atoms with Gasteiger partial charge in [0.25, 0.3) is 0 Å². The van der Waals surface area contributed by atoms with Crippen LogP contribution in [-0.2, 0) is 0 Å². The largest absolute Gasteiger partial charge is 0.494 e. The number of benzene rings is 1. The quantitative estimate of drug-likeness (QED) is 0.713. The van der Waals surface area contributed by atoms with Crippen molar-refractivity contribution in [1.29, 1.82) is 0 Å². The number of ether oxygens (including phenoxy) is 2. The Kier molecular flexibility index (Phi) is 6.79. The smallest absolute Gasteiger partial charge is 0.119 e. The summed E-state index contributed by atoms with van der Waals surface area (Å²) in [6.45, 7) is 8.28. The summed E-state index contributed by atoms with van der Waals surface area (Å²) in [5.41, 5.74) is 0. The van der Waals surface area contributed by atoms with Crippen molar-refractivity contribution in [2.45, 2.75) is 45.1 Å². The Hall–Kier alpha value is -1.26. The van der Waals surface area contributed by atoms with Crippen molar-refractivity contribution in [1.82, 2.24) is 10.2 Å². The average Bonchev–Trinajstić information content (AvgIpc) is 3.45. The van der Waals surface area contributed by atoms with E-state index in [2.05, 4.69) is 17.1 Å². The molecule has 4 nitrogen and oxygen atoms in total. The molecular weight excluding hydrogens is 300 g/mol. The molecule has 0 atom stereocenters. The first-order valence-electron chi connectivity index (χ1n) is 9.65. The molecule has 0 radical (unpaired) electrons. The van der Waals surface area contributed by atoms with Crippen molar-refractivity contribution >= 4 is 0 Å². The fourth-order valence-corrected chi connectivity index (χ4v) is 3.16. The highest BCUT2D eigenvalue weighted by Crippen LogP contribution is 2.28. The van der Waals surface area contributed by atoms with Gasteiger partial charge in [-0.3, -0.25) is 4.90 Å². The molecule has 134 valence electrons. The number of nitrogens with zero attached hydrogens (tertiary/aromatic N) is 1. The van der Waals surface area contributed by atoms with Gasteiger partial charge in [0.15, 0.2) is 0 Å². The van der Waals surface area contributed by atoms with Crippen LogP contribution >= 0.6 is 0 Å². The summed E-state index contributed by atoms with van der Waals surface area (Å²) < 4.78 is 11.5. The molecule has 1 aromatic rings. The standard InChI is InChI=1S/C20H32N2O2/c1-2-14-23-19-5-7-20(8-6-19)24-15-13-22-11-9-18(10-12-22)21-16-17-3-4-17/h5-8,17-18,21H,2-4,9-16H2,1H3. The molecule has 1 saturated carbocycles. The van der Waals surface area contributed by atoms with E-state index < -0.39 is 0 Å². The molecule has 1 aliphatic carbocycles. The van der Waals surface area contributed by atoms with Gasteiger partial charge in [0.05, 0.1) is 6.61 Å². The van der Waals surface area contributed by atoms with Crippen LogP contribution in [0.1, 0.15) is 39.0 Å². The van der Waals surface area contributed by atoms with Gasteiger partial charge in [0.1, 0.15) is 18.1 Å². The van der Waals surface area contributed by atoms with Crippen molar-refractivity contribution in [2.24, 2.45) is 5.92 Å². The lowest BCUT2D eigenvalue weighted by Crippen LogP contribution is -2.44. The minimum atomic E-state index is 0.735. The molecule has 2 aliphatic rings. The topological polar surface area (TPSA) is 33.7 Å². The van der Waals surface area contributed by atoms with Crippen LogP contribution in [0.5, 0.6) is 11.5 Å². The van der Waals surface area contributed by atoms with Gasteiger partial charge in [-0.15, -0.1) is 0 Å². The first-order valence-corrected chi connectivity index (χ1v) is 9.65. The number of hydrogen-bond donors (Lipinski definition) is 1. The summed E-state index contributed by atoms with van der Waals surface area (Å²) in [4.78, 5) is 2.52. The Morgan fingerprint density at radius 3 is 2.17 bits per heavy atom. The van der Waals surface area contributed by atoms with Crippen LogP contribution in [0.15, 0.2) is 24.3 Å². The van der Waals surface area contributed by atoms with Crippen molar-refractivity contribution in [3.63, 3.8) is 0 Å². The van der Waals surface area contributed by atoms with Gasteiger partial charge in [0, 0.05) is 12.6 Å². The van der Waals surface area contributed by atoms with Crippen LogP contribution < -0.4 is 14.8 Å². The first-order chi connectivity index (χ1) is 11.8. The van der Waals surface area contributed by atoms with Gasteiger partial charge in [0.2, 0.25) is 0 Å². The van der Waals surface area contributed by atoms with E-state index in [1.54, 1.807) is 0 Å². The van der Waals surface area contributed by atoms with Crippen LogP contribution in [0.2, 0.25) is 0 Å². The van der Waals surface area contributed by atoms with Gasteiger partial charge in [-0.05, 0) is 81.9 Å². The molecule has 1 aromatic carbocycles. The fraction of sp³-hybridized carbons (Fsp3) is 0.700. The van der Waals surface area contributed by atoms with Gasteiger partial charge >= 0.3 is 0 Å². The van der Waals surface area contributed by atoms with Crippen molar-refractivity contribution < 1.29 is 9.47 Å². The Morgan fingerprint density at radius 1 is 0.958 bits per heavy atom. The van der Waals surface area contributed by atoms with Crippen molar-refractivity contribution in [3.05, 3.63) is 24.3 Å². The zero-order valence-electron chi connectivity index (χ0n) is 15.0. The molecule has 0 spiro atoms. The van der Waals surface area contributed by atoms with E-state index >= 15 is 0 Å². The average molecular weight is 332 g/mol. The molecule has 1 N–H and O–H groups in total. The zero-order valence-corrected chi connectivity index (χ0v) is 15.0. The maximum Gasteiger partial charge on any atom is 0.119 e. The zero-order chi connectivity index (χ0) is 16.6. The van der Waals surface area contributed by atoms with Crippen LogP contribution in [0, 0.1) is 5.92 Å². The molecule has 0 unspecified atom stereocenters. The molecule has 1 aliphatic heterocycles. The van der Waals surface area contributed by atoms with E-state index in [1.165, 1.54) is 45.3 Å². The minimum absolute atomic E-state index is 0.735. The molecule has 24 heavy (non-hydrogen) atoms. The molecule has 0 aromatic heterocycles. The fourth-order valence-electron chi connectivity index (χ4n) is 3.16. The highest BCUT2D eigenvalue weighted by molar-refractivity contribution is 5.31. The monoisotopic (exact) mass is 332 g/mol. The summed E-state index contributed by atoms with van der Waals surface area (Å²) in [7, 11) is 0. The van der Waals surface area contributed by atoms with Gasteiger partial charge < -0.3 is 14.8 Å². The van der Waals surface area contributed by atoms with Crippen molar-refractivity contribution in [2.75, 3.05) is 39.4 Å². The first kappa shape index (κ1) is 17.6. The molecule has 4 heteroatoms. The molecule has 1 heterocycles. The van der Waals surface area contributed by atoms with E-state index in [-0.39, 0.29) is 0 Å². The molecule has 2 fully saturated rings. The lowest BCUT2D eigenvalue weighted by atomic mass is 10.0. The Labute approximate surface area is 146 Å². The second-order valence-electron chi connectivity index (χ2n) is 7.14. The number of rotatable bonds is 10. The third-order valence-electron chi connectivity index (χ3n) is 4.95. The maximum atomic E-state index is 5.87. The van der Waals surface area contributed by atoms with Crippen LogP contribution in [0.3, 0.4) is 0 Å². The molecular formula is C20H32N2O2. The predicted molar refractivity (Wildman–Crippen MR) is 97.9 cm³/mol. The summed E-state index contributed by atoms with van der Waals surface area (Å²) in [5.74, 6) is 2.83. The van der Waals surface area contributed by atoms with Gasteiger partial charge in [-0.25, -0.2) is 0 Å². The maximum absolute atomic E-state index is 5.87. The summed E-state index contributed by atoms with van der Waals surface area (Å²) in [6, 6.07) is 8.71. The van der Waals surface area contributed by atoms with Crippen molar-refractivity contribution in [3.8, 4) is 11.5 Å². The third-order valence-corrected chi connectivity index (χ3v) is 4.95. The molecule has 0 bridgehead atoms. The Balaban J connectivity index is 1.27. The lowest BCUT2D eigenvalue weighted by molar-refractivity contribution is 0.164. The number of hydrogen-bond acceptors (Lipinski definition) is 4. The molecule has 3 rings (SSSR count). The second kappa shape index (κ2) is 9.28. The summed E-state index contributed by atoms with van der Waals surface area (Å²) >= 11 is 0. The van der Waals surface area contributed by atoms with Crippen LogP contribution in [0.4, 0.5) is 0 Å². The predicted octanol–water partition coefficient (Wildman–Crippen LogP) is 3.32. The third kappa shape index (κ3) is 5.99. The normalized spacial score (nSPS) is 19.4. The van der Waals surface area contributed by atoms with E-state index in [4.69, 9.17) is 9.47 Å². The van der Waals surface area contributed by atoms with E-state index in [0.717, 1.165) is 49.6 Å². The minimum Gasteiger partial charge on any atom is -0.494 e. The van der Waals surface area contributed by atoms with Gasteiger partial charge in [-0.2, -0.15) is 0 Å². The summed E-state index contributed by atoms with van der Waals surface area (Å²) in [5, 5.41) is 3.74. The molecule has 1 saturated heterocycles. The highest BCUT2D eigenvalue weighted by atomic mass is 16.5. The number of likely N-dealkylation sites (tertiary alicyclic amines) is 1. The Morgan fingerprint density at radius 2 is 1.58 bits per heavy atom. The van der Waals surface area contributed by atoms with Crippen LogP contribution in [0.25, 0.3) is 0 Å². The van der Waals surface area contributed by atoms with Crippen LogP contribution in [-0.4, -0.2) is 50.3 Å². The van der Waals surface area contributed by atoms with E-state index in [9.17, 15) is 0 Å². The molecule has 0 amide bonds. The number of piperidine rings is 1. The second-order valence-corrected chi connectivity index (χ2v) is 7.14. The SMILES string of the molecule is CCCOc1ccc(OCCN2CCC(NCC3CC3)CC2)cc1. The number of nitrogens with one attached hydrogen (secondary N) is 1.